The molecule has 0 aromatic heterocycles. The first-order valence-electron chi connectivity index (χ1n) is 10.2. The van der Waals surface area contributed by atoms with Crippen LogP contribution in [-0.4, -0.2) is 29.4 Å². The van der Waals surface area contributed by atoms with Gasteiger partial charge in [-0.3, -0.25) is 0 Å². The summed E-state index contributed by atoms with van der Waals surface area (Å²) >= 11 is 0. The van der Waals surface area contributed by atoms with E-state index in [0.717, 1.165) is 21.9 Å². The molecule has 2 amide bonds. The fraction of sp³-hybridized carbons (Fsp3) is 0.0870. The largest absolute Gasteiger partial charge is 0.369 e. The maximum absolute atomic E-state index is 12.7. The summed E-state index contributed by atoms with van der Waals surface area (Å²) in [5, 5.41) is 22.8. The van der Waals surface area contributed by atoms with Crippen molar-refractivity contribution >= 4 is 51.5 Å². The van der Waals surface area contributed by atoms with Gasteiger partial charge >= 0.3 is 6.03 Å². The first-order chi connectivity index (χ1) is 16.2. The van der Waals surface area contributed by atoms with Crippen LogP contribution in [0.3, 0.4) is 0 Å². The number of nitrogens with zero attached hydrogens (tertiary/aromatic N) is 4. The zero-order valence-electron chi connectivity index (χ0n) is 18.8. The molecule has 3 aromatic carbocycles. The molecule has 11 nitrogen and oxygen atoms in total. The van der Waals surface area contributed by atoms with E-state index in [1.165, 1.54) is 0 Å². The van der Waals surface area contributed by atoms with Crippen molar-refractivity contribution < 1.29 is 4.79 Å². The number of hydrogen-bond donors (Lipinski definition) is 6. The summed E-state index contributed by atoms with van der Waals surface area (Å²) in [6.07, 6.45) is 0. The second-order valence-electron chi connectivity index (χ2n) is 7.28. The lowest BCUT2D eigenvalue weighted by Crippen LogP contribution is -2.22. The van der Waals surface area contributed by atoms with Crippen molar-refractivity contribution in [1.82, 2.24) is 0 Å². The number of carbonyl (C=O) groups is 1. The van der Waals surface area contributed by atoms with Crippen LogP contribution in [0.4, 0.5) is 16.2 Å². The summed E-state index contributed by atoms with van der Waals surface area (Å²) < 4.78 is 0. The van der Waals surface area contributed by atoms with Crippen LogP contribution in [0.15, 0.2) is 81.1 Å². The van der Waals surface area contributed by atoms with Gasteiger partial charge in [0.1, 0.15) is 0 Å². The van der Waals surface area contributed by atoms with Crippen LogP contribution in [0.1, 0.15) is 25.0 Å². The van der Waals surface area contributed by atoms with Crippen LogP contribution in [0.2, 0.25) is 0 Å². The lowest BCUT2D eigenvalue weighted by atomic mass is 10.00. The second-order valence-corrected chi connectivity index (χ2v) is 7.28. The summed E-state index contributed by atoms with van der Waals surface area (Å²) in [6, 6.07) is 18.0. The Morgan fingerprint density at radius 2 is 1.26 bits per heavy atom. The monoisotopic (exact) mass is 458 g/mol. The molecular formula is C23H26N10O. The first kappa shape index (κ1) is 23.7. The third kappa shape index (κ3) is 6.07. The van der Waals surface area contributed by atoms with E-state index in [9.17, 15) is 4.79 Å². The molecule has 11 heteroatoms. The molecule has 0 atom stereocenters. The van der Waals surface area contributed by atoms with Gasteiger partial charge < -0.3 is 33.6 Å². The molecular weight excluding hydrogens is 432 g/mol. The highest BCUT2D eigenvalue weighted by atomic mass is 16.2. The summed E-state index contributed by atoms with van der Waals surface area (Å²) in [7, 11) is 0. The fourth-order valence-electron chi connectivity index (χ4n) is 3.18. The highest BCUT2D eigenvalue weighted by Gasteiger charge is 2.11. The van der Waals surface area contributed by atoms with E-state index in [4.69, 9.17) is 22.9 Å². The number of nitrogens with two attached hydrogens (primary N) is 4. The predicted octanol–water partition coefficient (Wildman–Crippen LogP) is 2.48. The first-order valence-corrected chi connectivity index (χ1v) is 10.2. The predicted molar refractivity (Wildman–Crippen MR) is 139 cm³/mol. The van der Waals surface area contributed by atoms with Gasteiger partial charge in [0.05, 0.1) is 17.1 Å². The topological polar surface area (TPSA) is 195 Å². The van der Waals surface area contributed by atoms with Crippen LogP contribution in [-0.2, 0) is 0 Å². The van der Waals surface area contributed by atoms with Gasteiger partial charge in [-0.1, -0.05) is 42.5 Å². The number of rotatable bonds is 6. The fourth-order valence-corrected chi connectivity index (χ4v) is 3.18. The molecule has 34 heavy (non-hydrogen) atoms. The number of urea groups is 1. The number of carbonyl (C=O) groups excluding carboxylic acids is 1. The minimum absolute atomic E-state index is 0.119. The summed E-state index contributed by atoms with van der Waals surface area (Å²) in [4.78, 5) is 12.7. The normalized spacial score (nSPS) is 11.6. The number of benzene rings is 3. The number of guanidine groups is 2. The van der Waals surface area contributed by atoms with Crippen LogP contribution in [0.25, 0.3) is 10.8 Å². The molecule has 0 radical (unpaired) electrons. The number of fused-ring (bicyclic) bond motifs is 1. The van der Waals surface area contributed by atoms with E-state index in [2.05, 4.69) is 31.0 Å². The molecule has 0 aliphatic heterocycles. The van der Waals surface area contributed by atoms with E-state index in [0.29, 0.717) is 22.8 Å². The molecule has 3 aromatic rings. The van der Waals surface area contributed by atoms with Gasteiger partial charge in [-0.05, 0) is 43.0 Å². The smallest absolute Gasteiger partial charge is 0.323 e. The molecule has 0 saturated heterocycles. The Morgan fingerprint density at radius 3 is 1.88 bits per heavy atom. The molecule has 0 spiro atoms. The van der Waals surface area contributed by atoms with Crippen molar-refractivity contribution in [3.63, 3.8) is 0 Å². The van der Waals surface area contributed by atoms with Crippen molar-refractivity contribution in [1.29, 1.82) is 0 Å². The molecule has 3 rings (SSSR count). The SMILES string of the molecule is C/C(=N/N=C(N)N)c1ccc(NC(=O)Nc2ccc(/C(C)=N/N=C(N)N)c3ccccc23)cc1. The van der Waals surface area contributed by atoms with Crippen LogP contribution in [0, 0.1) is 0 Å². The number of nitrogens with one attached hydrogen (secondary N) is 2. The highest BCUT2D eigenvalue weighted by molar-refractivity contribution is 6.14. The van der Waals surface area contributed by atoms with Gasteiger partial charge in [-0.2, -0.15) is 10.2 Å². The van der Waals surface area contributed by atoms with Gasteiger partial charge in [-0.25, -0.2) is 4.79 Å². The van der Waals surface area contributed by atoms with Gasteiger partial charge in [0.2, 0.25) is 11.9 Å². The van der Waals surface area contributed by atoms with E-state index in [-0.39, 0.29) is 18.0 Å². The maximum Gasteiger partial charge on any atom is 0.323 e. The van der Waals surface area contributed by atoms with Crippen LogP contribution < -0.4 is 33.6 Å². The van der Waals surface area contributed by atoms with Crippen molar-refractivity contribution in [3.05, 3.63) is 71.8 Å². The Morgan fingerprint density at radius 1 is 0.676 bits per heavy atom. The highest BCUT2D eigenvalue weighted by Crippen LogP contribution is 2.27. The standard InChI is InChI=1S/C23H26N10O/c1-13(30-32-21(24)25)15-7-9-16(10-8-15)28-23(34)29-20-12-11-17(14(2)31-33-22(26)27)18-5-3-4-6-19(18)20/h3-12H,1-2H3,(H4,24,25,32)(H4,26,27,33)(H2,28,29,34)/b30-13-,31-14+. The third-order valence-electron chi connectivity index (χ3n) is 4.75. The van der Waals surface area contributed by atoms with E-state index < -0.39 is 0 Å². The van der Waals surface area contributed by atoms with Crippen LogP contribution in [0.5, 0.6) is 0 Å². The molecule has 10 N–H and O–H groups in total. The average molecular weight is 459 g/mol. The molecule has 0 bridgehead atoms. The summed E-state index contributed by atoms with van der Waals surface area (Å²) in [6.45, 7) is 3.58. The number of hydrogen-bond acceptors (Lipinski definition) is 5. The molecule has 0 aliphatic rings. The van der Waals surface area contributed by atoms with Crippen molar-refractivity contribution in [3.8, 4) is 0 Å². The van der Waals surface area contributed by atoms with Crippen molar-refractivity contribution in [2.45, 2.75) is 13.8 Å². The Bertz CT molecular complexity index is 1320. The Hall–Kier alpha value is -4.93. The molecule has 0 fully saturated rings. The summed E-state index contributed by atoms with van der Waals surface area (Å²) in [5.41, 5.74) is 25.5. The molecule has 0 aliphatic carbocycles. The van der Waals surface area contributed by atoms with Gasteiger partial charge in [0, 0.05) is 16.6 Å². The van der Waals surface area contributed by atoms with E-state index >= 15 is 0 Å². The third-order valence-corrected chi connectivity index (χ3v) is 4.75. The molecule has 0 heterocycles. The Balaban J connectivity index is 1.78. The summed E-state index contributed by atoms with van der Waals surface area (Å²) in [5.74, 6) is -0.242. The quantitative estimate of drug-likeness (QED) is 0.187. The van der Waals surface area contributed by atoms with E-state index in [1.807, 2.05) is 30.3 Å². The Kier molecular flexibility index (Phi) is 7.39. The van der Waals surface area contributed by atoms with E-state index in [1.54, 1.807) is 44.2 Å². The lowest BCUT2D eigenvalue weighted by molar-refractivity contribution is 0.262. The number of anilines is 2. The van der Waals surface area contributed by atoms with Gasteiger partial charge in [-0.15, -0.1) is 10.2 Å². The lowest BCUT2D eigenvalue weighted by Gasteiger charge is -2.13. The zero-order valence-corrected chi connectivity index (χ0v) is 18.8. The second kappa shape index (κ2) is 10.6. The molecule has 174 valence electrons. The zero-order chi connectivity index (χ0) is 24.7. The minimum atomic E-state index is -0.387. The maximum atomic E-state index is 12.7. The minimum Gasteiger partial charge on any atom is -0.369 e. The van der Waals surface area contributed by atoms with Crippen LogP contribution >= 0.6 is 0 Å². The molecule has 0 unspecified atom stereocenters. The van der Waals surface area contributed by atoms with Crippen molar-refractivity contribution in [2.24, 2.45) is 43.3 Å². The Labute approximate surface area is 196 Å². The van der Waals surface area contributed by atoms with Gasteiger partial charge in [0.15, 0.2) is 0 Å². The molecule has 0 saturated carbocycles. The van der Waals surface area contributed by atoms with Crippen molar-refractivity contribution in [2.75, 3.05) is 10.6 Å². The average Bonchev–Trinajstić information content (AvgIpc) is 2.81. The van der Waals surface area contributed by atoms with Gasteiger partial charge in [0.25, 0.3) is 0 Å². The number of amides is 2.